The first-order valence-electron chi connectivity index (χ1n) is 4.88. The molecule has 0 fully saturated rings. The Bertz CT molecular complexity index is 511. The van der Waals surface area contributed by atoms with E-state index in [2.05, 4.69) is 44.4 Å². The van der Waals surface area contributed by atoms with Gasteiger partial charge < -0.3 is 0 Å². The predicted molar refractivity (Wildman–Crippen MR) is 81.2 cm³/mol. The third-order valence-electron chi connectivity index (χ3n) is 2.04. The fourth-order valence-corrected chi connectivity index (χ4v) is 6.01. The van der Waals surface area contributed by atoms with Crippen LogP contribution in [0, 0.1) is 0 Å². The quantitative estimate of drug-likeness (QED) is 0.564. The maximum absolute atomic E-state index is 2.23. The Hall–Kier alpha value is -0.200. The summed E-state index contributed by atoms with van der Waals surface area (Å²) in [5.74, 6) is 0. The summed E-state index contributed by atoms with van der Waals surface area (Å²) in [5.41, 5.74) is 0. The van der Waals surface area contributed by atoms with Crippen molar-refractivity contribution < 1.29 is 0 Å². The summed E-state index contributed by atoms with van der Waals surface area (Å²) in [7, 11) is 0. The molecule has 17 heavy (non-hydrogen) atoms. The molecule has 0 unspecified atom stereocenters. The van der Waals surface area contributed by atoms with Gasteiger partial charge in [-0.15, -0.1) is 0 Å². The van der Waals surface area contributed by atoms with Crippen LogP contribution in [0.25, 0.3) is 0 Å². The third-order valence-corrected chi connectivity index (χ3v) is 6.97. The molecule has 0 nitrogen and oxygen atoms in total. The van der Waals surface area contributed by atoms with Crippen molar-refractivity contribution in [2.24, 2.45) is 0 Å². The van der Waals surface area contributed by atoms with Gasteiger partial charge in [0, 0.05) is 41.1 Å². The fraction of sp³-hybridized carbons (Fsp3) is 0. The minimum absolute atomic E-state index is 1.33. The average Bonchev–Trinajstić information content (AvgIpc) is 3.04. The van der Waals surface area contributed by atoms with Gasteiger partial charge in [-0.2, -0.15) is 34.0 Å². The molecule has 86 valence electrons. The lowest BCUT2D eigenvalue weighted by Crippen LogP contribution is -1.70. The molecule has 0 bridgehead atoms. The molecule has 3 rings (SSSR count). The van der Waals surface area contributed by atoms with Gasteiger partial charge in [-0.3, -0.25) is 0 Å². The van der Waals surface area contributed by atoms with Gasteiger partial charge in [0.2, 0.25) is 0 Å². The van der Waals surface area contributed by atoms with Crippen LogP contribution >= 0.6 is 57.5 Å². The smallest absolute Gasteiger partial charge is 0.0369 e. The molecule has 0 spiro atoms. The van der Waals surface area contributed by atoms with Crippen LogP contribution in [0.5, 0.6) is 0 Å². The molecule has 0 atom stereocenters. The van der Waals surface area contributed by atoms with Crippen LogP contribution in [0.4, 0.5) is 0 Å². The third kappa shape index (κ3) is 2.98. The van der Waals surface area contributed by atoms with Crippen molar-refractivity contribution in [3.63, 3.8) is 0 Å². The van der Waals surface area contributed by atoms with Crippen LogP contribution in [0.15, 0.2) is 64.0 Å². The highest BCUT2D eigenvalue weighted by atomic mass is 32.2. The largest absolute Gasteiger partial charge is 0.151 e. The highest BCUT2D eigenvalue weighted by Crippen LogP contribution is 2.41. The molecule has 0 aromatic carbocycles. The van der Waals surface area contributed by atoms with Gasteiger partial charge in [0.25, 0.3) is 0 Å². The molecule has 0 radical (unpaired) electrons. The lowest BCUT2D eigenvalue weighted by Gasteiger charge is -2.00. The first-order valence-corrected chi connectivity index (χ1v) is 9.34. The Balaban J connectivity index is 1.79. The van der Waals surface area contributed by atoms with Gasteiger partial charge in [-0.25, -0.2) is 0 Å². The van der Waals surface area contributed by atoms with Crippen LogP contribution in [-0.2, 0) is 0 Å². The molecular weight excluding hydrogens is 304 g/mol. The average molecular weight is 313 g/mol. The Morgan fingerprint density at radius 3 is 1.59 bits per heavy atom. The summed E-state index contributed by atoms with van der Waals surface area (Å²) in [6, 6.07) is 4.35. The standard InChI is InChI=1S/C12H8S5/c1-3-13-5-9(1)16-11-7-15-8-12(11)17-10-2-4-14-6-10/h1-8H. The van der Waals surface area contributed by atoms with E-state index in [1.54, 1.807) is 34.0 Å². The number of thiophene rings is 3. The maximum Gasteiger partial charge on any atom is 0.0369 e. The second-order valence-electron chi connectivity index (χ2n) is 3.22. The predicted octanol–water partition coefficient (Wildman–Crippen LogP) is 6.17. The van der Waals surface area contributed by atoms with E-state index in [9.17, 15) is 0 Å². The molecule has 5 heteroatoms. The van der Waals surface area contributed by atoms with Crippen molar-refractivity contribution in [3.8, 4) is 0 Å². The lowest BCUT2D eigenvalue weighted by molar-refractivity contribution is 1.32. The Kier molecular flexibility index (Phi) is 3.93. The minimum Gasteiger partial charge on any atom is -0.151 e. The van der Waals surface area contributed by atoms with E-state index >= 15 is 0 Å². The second-order valence-corrected chi connectivity index (χ2v) is 7.76. The summed E-state index contributed by atoms with van der Waals surface area (Å²) in [5, 5.41) is 13.1. The first kappa shape index (κ1) is 11.9. The Morgan fingerprint density at radius 2 is 1.18 bits per heavy atom. The van der Waals surface area contributed by atoms with Crippen LogP contribution < -0.4 is 0 Å². The molecule has 0 amide bonds. The van der Waals surface area contributed by atoms with Crippen molar-refractivity contribution in [2.75, 3.05) is 0 Å². The summed E-state index contributed by atoms with van der Waals surface area (Å²) in [6.07, 6.45) is 0. The van der Waals surface area contributed by atoms with Crippen molar-refractivity contribution >= 4 is 57.5 Å². The van der Waals surface area contributed by atoms with Gasteiger partial charge in [-0.1, -0.05) is 23.5 Å². The molecular formula is C12H8S5. The van der Waals surface area contributed by atoms with Crippen LogP contribution in [0.3, 0.4) is 0 Å². The van der Waals surface area contributed by atoms with Crippen LogP contribution in [0.1, 0.15) is 0 Å². The van der Waals surface area contributed by atoms with E-state index in [1.807, 2.05) is 23.5 Å². The van der Waals surface area contributed by atoms with E-state index in [-0.39, 0.29) is 0 Å². The molecule has 0 aliphatic rings. The Morgan fingerprint density at radius 1 is 0.647 bits per heavy atom. The van der Waals surface area contributed by atoms with Gasteiger partial charge in [0.1, 0.15) is 0 Å². The van der Waals surface area contributed by atoms with E-state index in [0.29, 0.717) is 0 Å². The highest BCUT2D eigenvalue weighted by Gasteiger charge is 2.08. The minimum atomic E-state index is 1.33. The molecule has 3 aromatic heterocycles. The summed E-state index contributed by atoms with van der Waals surface area (Å²) in [6.45, 7) is 0. The number of hydrogen-bond donors (Lipinski definition) is 0. The number of hydrogen-bond acceptors (Lipinski definition) is 5. The van der Waals surface area contributed by atoms with Gasteiger partial charge in [-0.05, 0) is 22.9 Å². The zero-order valence-corrected chi connectivity index (χ0v) is 12.7. The molecule has 3 heterocycles. The van der Waals surface area contributed by atoms with Gasteiger partial charge in [0.15, 0.2) is 0 Å². The SMILES string of the molecule is c1cc(Sc2cscc2Sc2ccsc2)cs1. The topological polar surface area (TPSA) is 0 Å². The molecule has 0 aliphatic heterocycles. The molecule has 0 saturated heterocycles. The Labute approximate surface area is 121 Å². The van der Waals surface area contributed by atoms with Gasteiger partial charge in [0.05, 0.1) is 0 Å². The van der Waals surface area contributed by atoms with Crippen molar-refractivity contribution in [3.05, 3.63) is 44.4 Å². The van der Waals surface area contributed by atoms with E-state index in [0.717, 1.165) is 0 Å². The normalized spacial score (nSPS) is 10.8. The first-order chi connectivity index (χ1) is 8.42. The van der Waals surface area contributed by atoms with Gasteiger partial charge >= 0.3 is 0 Å². The van der Waals surface area contributed by atoms with E-state index < -0.39 is 0 Å². The van der Waals surface area contributed by atoms with E-state index in [4.69, 9.17) is 0 Å². The van der Waals surface area contributed by atoms with Crippen LogP contribution in [0.2, 0.25) is 0 Å². The second kappa shape index (κ2) is 5.63. The maximum atomic E-state index is 2.23. The zero-order valence-electron chi connectivity index (χ0n) is 8.66. The molecule has 0 saturated carbocycles. The highest BCUT2D eigenvalue weighted by molar-refractivity contribution is 8.02. The lowest BCUT2D eigenvalue weighted by atomic mass is 10.6. The van der Waals surface area contributed by atoms with E-state index in [1.165, 1.54) is 19.6 Å². The summed E-state index contributed by atoms with van der Waals surface area (Å²) < 4.78 is 0. The fourth-order valence-electron chi connectivity index (χ4n) is 1.30. The van der Waals surface area contributed by atoms with Crippen molar-refractivity contribution in [2.45, 2.75) is 19.6 Å². The number of rotatable bonds is 4. The van der Waals surface area contributed by atoms with Crippen molar-refractivity contribution in [1.29, 1.82) is 0 Å². The monoisotopic (exact) mass is 312 g/mol. The summed E-state index contributed by atoms with van der Waals surface area (Å²) in [4.78, 5) is 5.40. The molecule has 0 N–H and O–H groups in total. The molecule has 0 aliphatic carbocycles. The van der Waals surface area contributed by atoms with Crippen molar-refractivity contribution in [1.82, 2.24) is 0 Å². The van der Waals surface area contributed by atoms with Crippen LogP contribution in [-0.4, -0.2) is 0 Å². The molecule has 3 aromatic rings. The summed E-state index contributed by atoms with van der Waals surface area (Å²) >= 11 is 8.98. The zero-order chi connectivity index (χ0) is 11.5.